The second-order valence-corrected chi connectivity index (χ2v) is 27.6. The van der Waals surface area contributed by atoms with Gasteiger partial charge in [-0.15, -0.1) is 0 Å². The van der Waals surface area contributed by atoms with Gasteiger partial charge in [0.1, 0.15) is 55.3 Å². The fourth-order valence-electron chi connectivity index (χ4n) is 9.02. The maximum absolute atomic E-state index is 13.0. The molecule has 0 saturated carbocycles. The standard InChI is InChI=1S/C69H127N7O22/c1-67(2,3)96-64(85)27-25-23-21-19-17-15-13-12-14-16-18-20-22-24-26-59(79)74-55(65(86)97-68(4,5)6)28-30-57(77)71-34-40-89-46-50-94-53-62(82)73-36-42-91-47-49-93-52-61(81)70-33-37-76(10,11)38-43-92-45-44-88-39-32-60(80)75-56(66(87)98-69(7,8)9)29-31-58(78)72-35-41-90-48-51-95-54-63(83)84/h55-56H,12-54H2,1-11H3,(H6-,70,71,72,73,74,75,77,78,79,80,81,82,83,84)/p+1/t55-,56?/m0/s1. The second-order valence-electron chi connectivity index (χ2n) is 27.6. The van der Waals surface area contributed by atoms with Crippen molar-refractivity contribution in [3.8, 4) is 0 Å². The first kappa shape index (κ1) is 92.3. The number of hydrogen-bond acceptors (Lipinski definition) is 21. The van der Waals surface area contributed by atoms with Gasteiger partial charge in [-0.05, 0) is 88.0 Å². The smallest absolute Gasteiger partial charge is 0.329 e. The summed E-state index contributed by atoms with van der Waals surface area (Å²) in [6.45, 7) is 20.3. The Hall–Kier alpha value is -5.66. The predicted octanol–water partition coefficient (Wildman–Crippen LogP) is 4.93. The van der Waals surface area contributed by atoms with Crippen molar-refractivity contribution in [1.82, 2.24) is 31.9 Å². The van der Waals surface area contributed by atoms with Gasteiger partial charge >= 0.3 is 23.9 Å². The molecule has 0 radical (unpaired) electrons. The van der Waals surface area contributed by atoms with Crippen LogP contribution in [0.25, 0.3) is 0 Å². The van der Waals surface area contributed by atoms with E-state index < -0.39 is 59.3 Å². The molecular formula is C69H128N7O22+. The van der Waals surface area contributed by atoms with E-state index in [1.54, 1.807) is 41.5 Å². The van der Waals surface area contributed by atoms with Crippen LogP contribution >= 0.6 is 0 Å². The normalized spacial score (nSPS) is 12.4. The number of amides is 6. The number of ether oxygens (including phenoxy) is 11. The molecule has 98 heavy (non-hydrogen) atoms. The highest BCUT2D eigenvalue weighted by molar-refractivity contribution is 5.86. The van der Waals surface area contributed by atoms with Gasteiger partial charge in [0, 0.05) is 51.7 Å². The van der Waals surface area contributed by atoms with Gasteiger partial charge in [-0.2, -0.15) is 0 Å². The molecule has 0 aliphatic carbocycles. The molecule has 29 heteroatoms. The molecule has 0 heterocycles. The van der Waals surface area contributed by atoms with Gasteiger partial charge in [0.2, 0.25) is 35.4 Å². The number of quaternary nitrogens is 1. The largest absolute Gasteiger partial charge is 0.480 e. The Kier molecular flexibility index (Phi) is 53.7. The van der Waals surface area contributed by atoms with E-state index in [0.717, 1.165) is 38.5 Å². The molecular weight excluding hydrogens is 1280 g/mol. The Morgan fingerprint density at radius 3 is 1.05 bits per heavy atom. The highest BCUT2D eigenvalue weighted by Gasteiger charge is 2.29. The van der Waals surface area contributed by atoms with Crippen molar-refractivity contribution < 1.29 is 110 Å². The molecule has 0 aromatic heterocycles. The first-order valence-electron chi connectivity index (χ1n) is 35.3. The van der Waals surface area contributed by atoms with Gasteiger partial charge < -0.3 is 93.6 Å². The van der Waals surface area contributed by atoms with Crippen LogP contribution in [0.1, 0.15) is 197 Å². The van der Waals surface area contributed by atoms with Gasteiger partial charge in [0.25, 0.3) is 0 Å². The third kappa shape index (κ3) is 63.8. The van der Waals surface area contributed by atoms with E-state index in [1.807, 2.05) is 34.9 Å². The van der Waals surface area contributed by atoms with Crippen LogP contribution < -0.4 is 31.9 Å². The number of hydrogen-bond donors (Lipinski definition) is 7. The lowest BCUT2D eigenvalue weighted by Gasteiger charge is -2.29. The van der Waals surface area contributed by atoms with E-state index in [1.165, 1.54) is 44.9 Å². The monoisotopic (exact) mass is 1410 g/mol. The minimum atomic E-state index is -1.08. The fraction of sp³-hybridized carbons (Fsp3) is 0.855. The van der Waals surface area contributed by atoms with Crippen LogP contribution in [0.5, 0.6) is 0 Å². The maximum atomic E-state index is 13.0. The lowest BCUT2D eigenvalue weighted by Crippen LogP contribution is -2.47. The summed E-state index contributed by atoms with van der Waals surface area (Å²) >= 11 is 0. The highest BCUT2D eigenvalue weighted by Crippen LogP contribution is 2.17. The number of carboxylic acid groups (broad SMARTS) is 1. The van der Waals surface area contributed by atoms with E-state index in [4.69, 9.17) is 57.2 Å². The minimum absolute atomic E-state index is 0.00442. The number of nitrogens with zero attached hydrogens (tertiary/aromatic N) is 1. The zero-order valence-electron chi connectivity index (χ0n) is 61.5. The number of rotatable bonds is 63. The van der Waals surface area contributed by atoms with Gasteiger partial charge in [-0.25, -0.2) is 14.4 Å². The summed E-state index contributed by atoms with van der Waals surface area (Å²) < 4.78 is 60.2. The zero-order valence-corrected chi connectivity index (χ0v) is 61.5. The average Bonchev–Trinajstić information content (AvgIpc) is 0.948. The Bertz CT molecular complexity index is 2210. The third-order valence-corrected chi connectivity index (χ3v) is 14.1. The molecule has 0 rings (SSSR count). The van der Waals surface area contributed by atoms with E-state index in [-0.39, 0.29) is 173 Å². The van der Waals surface area contributed by atoms with Crippen LogP contribution in [0.15, 0.2) is 0 Å². The van der Waals surface area contributed by atoms with E-state index in [2.05, 4.69) is 31.9 Å². The summed E-state index contributed by atoms with van der Waals surface area (Å²) in [6, 6.07) is -2.01. The van der Waals surface area contributed by atoms with Crippen LogP contribution in [0, 0.1) is 0 Å². The molecule has 7 N–H and O–H groups in total. The van der Waals surface area contributed by atoms with Crippen LogP contribution in [0.3, 0.4) is 0 Å². The van der Waals surface area contributed by atoms with Crippen molar-refractivity contribution >= 4 is 59.3 Å². The van der Waals surface area contributed by atoms with Crippen molar-refractivity contribution in [3.63, 3.8) is 0 Å². The quantitative estimate of drug-likeness (QED) is 0.0184. The van der Waals surface area contributed by atoms with Crippen molar-refractivity contribution in [2.75, 3.05) is 159 Å². The number of nitrogens with one attached hydrogen (secondary N) is 6. The lowest BCUT2D eigenvalue weighted by molar-refractivity contribution is -0.889. The van der Waals surface area contributed by atoms with E-state index in [9.17, 15) is 47.9 Å². The zero-order chi connectivity index (χ0) is 73.4. The summed E-state index contributed by atoms with van der Waals surface area (Å²) in [5, 5.41) is 25.0. The average molecular weight is 1410 g/mol. The molecule has 1 unspecified atom stereocenters. The van der Waals surface area contributed by atoms with Crippen LogP contribution in [0.4, 0.5) is 0 Å². The lowest BCUT2D eigenvalue weighted by atomic mass is 10.0. The number of carboxylic acids is 1. The van der Waals surface area contributed by atoms with Crippen LogP contribution in [0.2, 0.25) is 0 Å². The first-order valence-corrected chi connectivity index (χ1v) is 35.3. The third-order valence-electron chi connectivity index (χ3n) is 14.1. The van der Waals surface area contributed by atoms with Crippen molar-refractivity contribution in [1.29, 1.82) is 0 Å². The van der Waals surface area contributed by atoms with Gasteiger partial charge in [0.05, 0.1) is 113 Å². The Morgan fingerprint density at radius 1 is 0.327 bits per heavy atom. The number of aliphatic carboxylic acids is 1. The molecule has 0 aliphatic heterocycles. The maximum Gasteiger partial charge on any atom is 0.329 e. The molecule has 0 aromatic rings. The van der Waals surface area contributed by atoms with Crippen molar-refractivity contribution in [3.05, 3.63) is 0 Å². The second kappa shape index (κ2) is 57.0. The number of esters is 3. The molecule has 0 spiro atoms. The van der Waals surface area contributed by atoms with Crippen LogP contribution in [-0.4, -0.2) is 257 Å². The molecule has 0 saturated heterocycles. The van der Waals surface area contributed by atoms with Gasteiger partial charge in [-0.3, -0.25) is 33.6 Å². The number of carbonyl (C=O) groups excluding carboxylic acids is 9. The summed E-state index contributed by atoms with van der Waals surface area (Å²) in [6.07, 6.45) is 16.3. The molecule has 0 fully saturated rings. The molecule has 0 bridgehead atoms. The molecule has 6 amide bonds. The number of carbonyl (C=O) groups is 10. The SMILES string of the molecule is CC(C)(C)OC(=O)CCCCCCCCCCCCCCCCC(=O)N[C@@H](CCC(=O)NCCOCCOCC(=O)NCCOCCOCC(=O)NCC[N+](C)(C)CCOCCOCCC(=O)NC(CCC(=O)NCCOCCOCC(=O)O)C(=O)OC(C)(C)C)C(=O)OC(C)(C)C. The minimum Gasteiger partial charge on any atom is -0.480 e. The highest BCUT2D eigenvalue weighted by atomic mass is 16.6. The summed E-state index contributed by atoms with van der Waals surface area (Å²) in [4.78, 5) is 123. The topological polar surface area (TPSA) is 365 Å². The van der Waals surface area contributed by atoms with E-state index in [0.29, 0.717) is 56.6 Å². The Balaban J connectivity index is 4.06. The van der Waals surface area contributed by atoms with Crippen molar-refractivity contribution in [2.45, 2.75) is 226 Å². The Labute approximate surface area is 583 Å². The van der Waals surface area contributed by atoms with Gasteiger partial charge in [0.15, 0.2) is 0 Å². The molecule has 29 nitrogen and oxygen atoms in total. The summed E-state index contributed by atoms with van der Waals surface area (Å²) in [5.41, 5.74) is -2.00. The summed E-state index contributed by atoms with van der Waals surface area (Å²) in [5.74, 6) is -4.39. The van der Waals surface area contributed by atoms with Gasteiger partial charge in [-0.1, -0.05) is 77.0 Å². The fourth-order valence-corrected chi connectivity index (χ4v) is 9.02. The summed E-state index contributed by atoms with van der Waals surface area (Å²) in [7, 11) is 4.02. The first-order chi connectivity index (χ1) is 46.4. The molecule has 570 valence electrons. The Morgan fingerprint density at radius 2 is 0.653 bits per heavy atom. The molecule has 0 aromatic carbocycles. The predicted molar refractivity (Wildman–Crippen MR) is 366 cm³/mol. The van der Waals surface area contributed by atoms with Crippen molar-refractivity contribution in [2.24, 2.45) is 0 Å². The van der Waals surface area contributed by atoms with Crippen LogP contribution in [-0.2, 0) is 100 Å². The van der Waals surface area contributed by atoms with E-state index >= 15 is 0 Å². The molecule has 2 atom stereocenters. The molecule has 0 aliphatic rings. The number of likely N-dealkylation sites (N-methyl/N-ethyl adjacent to an activating group) is 1. The number of unbranched alkanes of at least 4 members (excludes halogenated alkanes) is 13.